The number of carbonyl (C=O) groups is 1. The van der Waals surface area contributed by atoms with Crippen LogP contribution in [0.2, 0.25) is 0 Å². The van der Waals surface area contributed by atoms with Gasteiger partial charge in [-0.2, -0.15) is 0 Å². The second kappa shape index (κ2) is 4.94. The molecule has 0 aromatic carbocycles. The third-order valence-electron chi connectivity index (χ3n) is 2.49. The third kappa shape index (κ3) is 2.36. The van der Waals surface area contributed by atoms with Crippen molar-refractivity contribution in [3.63, 3.8) is 0 Å². The average Bonchev–Trinajstić information content (AvgIpc) is 2.82. The molecule has 2 aromatic rings. The zero-order valence-electron chi connectivity index (χ0n) is 10.4. The van der Waals surface area contributed by atoms with Gasteiger partial charge in [0.2, 0.25) is 0 Å². The summed E-state index contributed by atoms with van der Waals surface area (Å²) in [6.45, 7) is 3.84. The molecule has 8 nitrogen and oxygen atoms in total. The predicted octanol–water partition coefficient (Wildman–Crippen LogP) is 0.129. The van der Waals surface area contributed by atoms with E-state index in [0.717, 1.165) is 0 Å². The highest BCUT2D eigenvalue weighted by molar-refractivity contribution is 5.79. The number of nitrogens with one attached hydrogen (secondary N) is 1. The Bertz CT molecular complexity index is 552. The first kappa shape index (κ1) is 12.2. The lowest BCUT2D eigenvalue weighted by atomic mass is 10.0. The molecule has 0 bridgehead atoms. The number of hydrogen-bond acceptors (Lipinski definition) is 7. The lowest BCUT2D eigenvalue weighted by Gasteiger charge is -2.19. The molecule has 0 aliphatic carbocycles. The molecule has 0 amide bonds. The number of nitrogens with zero attached hydrogens (tertiary/aromatic N) is 5. The lowest BCUT2D eigenvalue weighted by Crippen LogP contribution is -2.35. The van der Waals surface area contributed by atoms with Crippen LogP contribution in [-0.2, 0) is 9.53 Å². The van der Waals surface area contributed by atoms with Crippen LogP contribution in [-0.4, -0.2) is 44.4 Å². The van der Waals surface area contributed by atoms with E-state index in [-0.39, 0.29) is 11.9 Å². The van der Waals surface area contributed by atoms with Gasteiger partial charge in [0.05, 0.1) is 7.11 Å². The summed E-state index contributed by atoms with van der Waals surface area (Å²) in [5.74, 6) is 0.256. The number of fused-ring (bicyclic) bond motifs is 1. The lowest BCUT2D eigenvalue weighted by molar-refractivity contribution is -0.142. The maximum Gasteiger partial charge on any atom is 0.328 e. The largest absolute Gasteiger partial charge is 0.467 e. The summed E-state index contributed by atoms with van der Waals surface area (Å²) >= 11 is 0. The van der Waals surface area contributed by atoms with Crippen molar-refractivity contribution in [2.24, 2.45) is 5.92 Å². The van der Waals surface area contributed by atoms with E-state index in [2.05, 4.69) is 25.9 Å². The first-order valence-corrected chi connectivity index (χ1v) is 5.51. The molecule has 2 aromatic heterocycles. The van der Waals surface area contributed by atoms with E-state index >= 15 is 0 Å². The van der Waals surface area contributed by atoms with Gasteiger partial charge in [-0.1, -0.05) is 13.8 Å². The van der Waals surface area contributed by atoms with E-state index in [1.54, 1.807) is 12.1 Å². The van der Waals surface area contributed by atoms with Gasteiger partial charge in [-0.05, 0) is 28.5 Å². The number of aromatic nitrogens is 5. The van der Waals surface area contributed by atoms with E-state index in [0.29, 0.717) is 11.5 Å². The molecule has 0 aliphatic heterocycles. The summed E-state index contributed by atoms with van der Waals surface area (Å²) in [4.78, 5) is 11.6. The molecule has 1 atom stereocenters. The molecule has 18 heavy (non-hydrogen) atoms. The number of esters is 1. The molecular formula is C10H14N6O2. The number of rotatable bonds is 4. The van der Waals surface area contributed by atoms with E-state index in [1.807, 2.05) is 13.8 Å². The molecule has 1 N–H and O–H groups in total. The van der Waals surface area contributed by atoms with Crippen LogP contribution in [0, 0.1) is 5.92 Å². The topological polar surface area (TPSA) is 94.3 Å². The van der Waals surface area contributed by atoms with Gasteiger partial charge >= 0.3 is 5.97 Å². The minimum absolute atomic E-state index is 0.0730. The van der Waals surface area contributed by atoms with Crippen molar-refractivity contribution in [3.8, 4) is 0 Å². The van der Waals surface area contributed by atoms with Crippen LogP contribution in [0.15, 0.2) is 12.1 Å². The molecule has 2 heterocycles. The zero-order chi connectivity index (χ0) is 13.1. The van der Waals surface area contributed by atoms with Gasteiger partial charge in [-0.3, -0.25) is 0 Å². The van der Waals surface area contributed by atoms with Crippen molar-refractivity contribution in [2.45, 2.75) is 19.9 Å². The van der Waals surface area contributed by atoms with Gasteiger partial charge in [0.1, 0.15) is 11.9 Å². The minimum Gasteiger partial charge on any atom is -0.467 e. The Balaban J connectivity index is 2.22. The second-order valence-electron chi connectivity index (χ2n) is 4.13. The van der Waals surface area contributed by atoms with E-state index < -0.39 is 6.04 Å². The zero-order valence-corrected chi connectivity index (χ0v) is 10.4. The molecule has 0 saturated carbocycles. The SMILES string of the molecule is COC(=O)C(Nc1ccc2nnnn2n1)C(C)C. The Kier molecular flexibility index (Phi) is 3.35. The van der Waals surface area contributed by atoms with Crippen LogP contribution in [0.3, 0.4) is 0 Å². The smallest absolute Gasteiger partial charge is 0.328 e. The fourth-order valence-electron chi connectivity index (χ4n) is 1.51. The monoisotopic (exact) mass is 250 g/mol. The van der Waals surface area contributed by atoms with Crippen LogP contribution in [0.1, 0.15) is 13.8 Å². The van der Waals surface area contributed by atoms with Gasteiger partial charge in [0.25, 0.3) is 0 Å². The van der Waals surface area contributed by atoms with Crippen molar-refractivity contribution in [1.82, 2.24) is 25.3 Å². The summed E-state index contributed by atoms with van der Waals surface area (Å²) in [7, 11) is 1.36. The molecular weight excluding hydrogens is 236 g/mol. The van der Waals surface area contributed by atoms with Crippen molar-refractivity contribution in [1.29, 1.82) is 0 Å². The van der Waals surface area contributed by atoms with E-state index in [9.17, 15) is 4.79 Å². The van der Waals surface area contributed by atoms with E-state index in [1.165, 1.54) is 11.7 Å². The maximum absolute atomic E-state index is 11.6. The minimum atomic E-state index is -0.462. The van der Waals surface area contributed by atoms with Crippen molar-refractivity contribution < 1.29 is 9.53 Å². The van der Waals surface area contributed by atoms with Gasteiger partial charge in [0.15, 0.2) is 5.65 Å². The van der Waals surface area contributed by atoms with Crippen molar-refractivity contribution in [2.75, 3.05) is 12.4 Å². The van der Waals surface area contributed by atoms with Gasteiger partial charge < -0.3 is 10.1 Å². The second-order valence-corrected chi connectivity index (χ2v) is 4.13. The Morgan fingerprint density at radius 2 is 2.22 bits per heavy atom. The van der Waals surface area contributed by atoms with E-state index in [4.69, 9.17) is 4.74 Å². The van der Waals surface area contributed by atoms with Gasteiger partial charge in [-0.25, -0.2) is 4.79 Å². The summed E-state index contributed by atoms with van der Waals surface area (Å²) in [5, 5.41) is 18.1. The van der Waals surface area contributed by atoms with Crippen LogP contribution >= 0.6 is 0 Å². The van der Waals surface area contributed by atoms with Crippen LogP contribution < -0.4 is 5.32 Å². The fraction of sp³-hybridized carbons (Fsp3) is 0.500. The molecule has 0 radical (unpaired) electrons. The van der Waals surface area contributed by atoms with Crippen LogP contribution in [0.4, 0.5) is 5.82 Å². The maximum atomic E-state index is 11.6. The van der Waals surface area contributed by atoms with Crippen molar-refractivity contribution in [3.05, 3.63) is 12.1 Å². The predicted molar refractivity (Wildman–Crippen MR) is 62.8 cm³/mol. The highest BCUT2D eigenvalue weighted by Crippen LogP contribution is 2.11. The Morgan fingerprint density at radius 1 is 1.44 bits per heavy atom. The van der Waals surface area contributed by atoms with Crippen LogP contribution in [0.25, 0.3) is 5.65 Å². The fourth-order valence-corrected chi connectivity index (χ4v) is 1.51. The molecule has 0 fully saturated rings. The Hall–Kier alpha value is -2.25. The van der Waals surface area contributed by atoms with Gasteiger partial charge in [-0.15, -0.1) is 14.8 Å². The number of ether oxygens (including phenoxy) is 1. The number of hydrogen-bond donors (Lipinski definition) is 1. The molecule has 0 saturated heterocycles. The number of tetrazole rings is 1. The molecule has 2 rings (SSSR count). The summed E-state index contributed by atoms with van der Waals surface area (Å²) in [6.07, 6.45) is 0. The first-order valence-electron chi connectivity index (χ1n) is 5.51. The molecule has 8 heteroatoms. The highest BCUT2D eigenvalue weighted by Gasteiger charge is 2.23. The summed E-state index contributed by atoms with van der Waals surface area (Å²) < 4.78 is 6.03. The normalized spacial score (nSPS) is 12.7. The quantitative estimate of drug-likeness (QED) is 0.770. The number of anilines is 1. The first-order chi connectivity index (χ1) is 8.61. The summed E-state index contributed by atoms with van der Waals surface area (Å²) in [5.41, 5.74) is 0.541. The van der Waals surface area contributed by atoms with Gasteiger partial charge in [0, 0.05) is 0 Å². The summed E-state index contributed by atoms with van der Waals surface area (Å²) in [6, 6.07) is 2.96. The molecule has 1 unspecified atom stereocenters. The number of carbonyl (C=O) groups excluding carboxylic acids is 1. The molecule has 96 valence electrons. The molecule has 0 aliphatic rings. The Morgan fingerprint density at radius 3 is 2.89 bits per heavy atom. The third-order valence-corrected chi connectivity index (χ3v) is 2.49. The molecule has 0 spiro atoms. The van der Waals surface area contributed by atoms with Crippen molar-refractivity contribution >= 4 is 17.4 Å². The standard InChI is InChI=1S/C10H14N6O2/c1-6(2)9(10(17)18-3)11-7-4-5-8-12-14-15-16(8)13-7/h4-6,9H,1-3H3,(H,11,13). The van der Waals surface area contributed by atoms with Crippen LogP contribution in [0.5, 0.6) is 0 Å². The average molecular weight is 250 g/mol. The number of methoxy groups -OCH3 is 1. The highest BCUT2D eigenvalue weighted by atomic mass is 16.5. The Labute approximate surface area is 103 Å².